The zero-order valence-electron chi connectivity index (χ0n) is 14.8. The summed E-state index contributed by atoms with van der Waals surface area (Å²) in [4.78, 5) is 26.3. The summed E-state index contributed by atoms with van der Waals surface area (Å²) >= 11 is 9.84. The van der Waals surface area contributed by atoms with E-state index >= 15 is 0 Å². The molecule has 0 aliphatic carbocycles. The number of benzene rings is 1. The molecule has 8 heteroatoms. The Morgan fingerprint density at radius 1 is 1.42 bits per heavy atom. The minimum absolute atomic E-state index is 0.175. The second-order valence-corrected chi connectivity index (χ2v) is 8.55. The van der Waals surface area contributed by atoms with E-state index in [1.54, 1.807) is 6.08 Å². The molecule has 26 heavy (non-hydrogen) atoms. The first-order valence-corrected chi connectivity index (χ1v) is 10.2. The van der Waals surface area contributed by atoms with E-state index in [1.807, 2.05) is 39.0 Å². The molecule has 140 valence electrons. The molecule has 0 aromatic heterocycles. The zero-order chi connectivity index (χ0) is 19.3. The summed E-state index contributed by atoms with van der Waals surface area (Å²) in [6, 6.07) is 5.58. The van der Waals surface area contributed by atoms with Crippen molar-refractivity contribution in [3.05, 3.63) is 33.1 Å². The lowest BCUT2D eigenvalue weighted by Crippen LogP contribution is -2.34. The zero-order valence-corrected chi connectivity index (χ0v) is 18.0. The van der Waals surface area contributed by atoms with Crippen LogP contribution >= 0.6 is 39.9 Å². The van der Waals surface area contributed by atoms with Crippen LogP contribution in [0.2, 0.25) is 0 Å². The molecule has 2 rings (SSSR count). The average molecular weight is 458 g/mol. The van der Waals surface area contributed by atoms with Crippen LogP contribution in [0.3, 0.4) is 0 Å². The molecule has 0 saturated carbocycles. The monoisotopic (exact) mass is 457 g/mol. The molecule has 1 saturated heterocycles. The number of halogens is 1. The van der Waals surface area contributed by atoms with E-state index in [1.165, 1.54) is 16.7 Å². The van der Waals surface area contributed by atoms with Crippen LogP contribution in [0.25, 0.3) is 6.08 Å². The van der Waals surface area contributed by atoms with Gasteiger partial charge in [0.2, 0.25) is 0 Å². The summed E-state index contributed by atoms with van der Waals surface area (Å²) < 4.78 is 12.0. The molecule has 1 aromatic carbocycles. The predicted octanol–water partition coefficient (Wildman–Crippen LogP) is 4.25. The van der Waals surface area contributed by atoms with Gasteiger partial charge in [0.25, 0.3) is 5.91 Å². The first-order chi connectivity index (χ1) is 12.3. The molecule has 1 aliphatic heterocycles. The lowest BCUT2D eigenvalue weighted by Gasteiger charge is -2.14. The highest BCUT2D eigenvalue weighted by Crippen LogP contribution is 2.35. The summed E-state index contributed by atoms with van der Waals surface area (Å²) in [7, 11) is 0. The quantitative estimate of drug-likeness (QED) is 0.346. The fourth-order valence-electron chi connectivity index (χ4n) is 2.13. The van der Waals surface area contributed by atoms with Gasteiger partial charge in [-0.3, -0.25) is 14.5 Å². The molecule has 1 aliphatic rings. The Hall–Kier alpha value is -1.38. The van der Waals surface area contributed by atoms with E-state index in [2.05, 4.69) is 15.9 Å². The van der Waals surface area contributed by atoms with Crippen LogP contribution in [0.5, 0.6) is 5.75 Å². The van der Waals surface area contributed by atoms with Gasteiger partial charge < -0.3 is 9.47 Å². The van der Waals surface area contributed by atoms with Gasteiger partial charge in [-0.2, -0.15) is 0 Å². The van der Waals surface area contributed by atoms with E-state index in [-0.39, 0.29) is 18.4 Å². The lowest BCUT2D eigenvalue weighted by molar-refractivity contribution is -0.147. The van der Waals surface area contributed by atoms with Crippen LogP contribution in [-0.4, -0.2) is 40.9 Å². The van der Waals surface area contributed by atoms with Crippen molar-refractivity contribution in [1.82, 2.24) is 4.90 Å². The molecule has 0 radical (unpaired) electrons. The number of rotatable bonds is 7. The maximum atomic E-state index is 12.6. The van der Waals surface area contributed by atoms with Gasteiger partial charge in [-0.05, 0) is 37.1 Å². The van der Waals surface area contributed by atoms with Crippen molar-refractivity contribution in [2.75, 3.05) is 19.8 Å². The van der Waals surface area contributed by atoms with Gasteiger partial charge in [-0.1, -0.05) is 53.8 Å². The summed E-state index contributed by atoms with van der Waals surface area (Å²) in [5.41, 5.74) is 0.768. The Morgan fingerprint density at radius 2 is 2.15 bits per heavy atom. The van der Waals surface area contributed by atoms with E-state index in [0.29, 0.717) is 28.2 Å². The van der Waals surface area contributed by atoms with Crippen molar-refractivity contribution in [3.63, 3.8) is 0 Å². The van der Waals surface area contributed by atoms with Crippen molar-refractivity contribution in [1.29, 1.82) is 0 Å². The molecule has 1 amide bonds. The molecular weight excluding hydrogens is 438 g/mol. The number of nitrogens with zero attached hydrogens (tertiary/aromatic N) is 1. The number of thioether (sulfide) groups is 1. The second-order valence-electron chi connectivity index (χ2n) is 5.96. The van der Waals surface area contributed by atoms with Crippen LogP contribution in [-0.2, 0) is 14.3 Å². The number of ether oxygens (including phenoxy) is 2. The molecule has 0 N–H and O–H groups in total. The molecule has 1 fully saturated rings. The average Bonchev–Trinajstić information content (AvgIpc) is 2.83. The Balaban J connectivity index is 2.16. The minimum atomic E-state index is -0.464. The minimum Gasteiger partial charge on any atom is -0.493 e. The molecule has 0 bridgehead atoms. The number of carbonyl (C=O) groups excluding carboxylic acids is 2. The van der Waals surface area contributed by atoms with Gasteiger partial charge in [-0.25, -0.2) is 0 Å². The van der Waals surface area contributed by atoms with Crippen LogP contribution in [0.4, 0.5) is 0 Å². The third kappa shape index (κ3) is 5.56. The number of hydrogen-bond donors (Lipinski definition) is 0. The van der Waals surface area contributed by atoms with Crippen molar-refractivity contribution in [2.45, 2.75) is 20.8 Å². The van der Waals surface area contributed by atoms with Gasteiger partial charge in [-0.15, -0.1) is 0 Å². The number of amides is 1. The summed E-state index contributed by atoms with van der Waals surface area (Å²) in [6.07, 6.45) is 1.73. The van der Waals surface area contributed by atoms with Gasteiger partial charge in [0.05, 0.1) is 18.1 Å². The SMILES string of the molecule is CCOc1ccc(Br)cc1/C=C1\SC(=S)N(CC(=O)OCC(C)C)C1=O. The van der Waals surface area contributed by atoms with E-state index < -0.39 is 5.97 Å². The van der Waals surface area contributed by atoms with Crippen molar-refractivity contribution in [3.8, 4) is 5.75 Å². The highest BCUT2D eigenvalue weighted by Gasteiger charge is 2.34. The maximum Gasteiger partial charge on any atom is 0.326 e. The van der Waals surface area contributed by atoms with E-state index in [0.717, 1.165) is 10.0 Å². The topological polar surface area (TPSA) is 55.8 Å². The third-order valence-electron chi connectivity index (χ3n) is 3.30. The second kappa shape index (κ2) is 9.53. The molecule has 5 nitrogen and oxygen atoms in total. The molecular formula is C18H20BrNO4S2. The number of thiocarbonyl (C=S) groups is 1. The van der Waals surface area contributed by atoms with Gasteiger partial charge in [0, 0.05) is 10.0 Å². The normalized spacial score (nSPS) is 15.9. The fraction of sp³-hybridized carbons (Fsp3) is 0.389. The Bertz CT molecular complexity index is 749. The Labute approximate surface area is 171 Å². The Kier molecular flexibility index (Phi) is 7.67. The smallest absolute Gasteiger partial charge is 0.326 e. The highest BCUT2D eigenvalue weighted by atomic mass is 79.9. The summed E-state index contributed by atoms with van der Waals surface area (Å²) in [6.45, 7) is 6.46. The van der Waals surface area contributed by atoms with Crippen molar-refractivity contribution >= 4 is 62.2 Å². The Morgan fingerprint density at radius 3 is 2.81 bits per heavy atom. The third-order valence-corrected chi connectivity index (χ3v) is 5.17. The van der Waals surface area contributed by atoms with E-state index in [9.17, 15) is 9.59 Å². The fourth-order valence-corrected chi connectivity index (χ4v) is 3.76. The summed E-state index contributed by atoms with van der Waals surface area (Å²) in [5, 5.41) is 0. The van der Waals surface area contributed by atoms with Crippen LogP contribution in [0, 0.1) is 5.92 Å². The van der Waals surface area contributed by atoms with Crippen molar-refractivity contribution < 1.29 is 19.1 Å². The molecule has 0 spiro atoms. The van der Waals surface area contributed by atoms with Crippen LogP contribution in [0.15, 0.2) is 27.6 Å². The number of esters is 1. The first-order valence-electron chi connectivity index (χ1n) is 8.15. The largest absolute Gasteiger partial charge is 0.493 e. The van der Waals surface area contributed by atoms with Gasteiger partial charge in [0.1, 0.15) is 16.6 Å². The molecule has 0 unspecified atom stereocenters. The number of carbonyl (C=O) groups is 2. The molecule has 1 heterocycles. The van der Waals surface area contributed by atoms with Crippen LogP contribution in [0.1, 0.15) is 26.3 Å². The van der Waals surface area contributed by atoms with Gasteiger partial charge >= 0.3 is 5.97 Å². The first kappa shape index (κ1) is 20.9. The van der Waals surface area contributed by atoms with E-state index in [4.69, 9.17) is 21.7 Å². The van der Waals surface area contributed by atoms with Crippen LogP contribution < -0.4 is 4.74 Å². The maximum absolute atomic E-state index is 12.6. The van der Waals surface area contributed by atoms with Crippen molar-refractivity contribution in [2.24, 2.45) is 5.92 Å². The predicted molar refractivity (Wildman–Crippen MR) is 111 cm³/mol. The highest BCUT2D eigenvalue weighted by molar-refractivity contribution is 9.10. The molecule has 0 atom stereocenters. The number of hydrogen-bond acceptors (Lipinski definition) is 6. The molecule has 1 aromatic rings. The standard InChI is InChI=1S/C18H20BrNO4S2/c1-4-23-14-6-5-13(19)7-12(14)8-15-17(22)20(18(25)26-15)9-16(21)24-10-11(2)3/h5-8,11H,4,9-10H2,1-3H3/b15-8-. The lowest BCUT2D eigenvalue weighted by atomic mass is 10.2. The summed E-state index contributed by atoms with van der Waals surface area (Å²) in [5.74, 6) is 0.147. The van der Waals surface area contributed by atoms with Gasteiger partial charge in [0.15, 0.2) is 0 Å².